The summed E-state index contributed by atoms with van der Waals surface area (Å²) in [4.78, 5) is 42.1. The van der Waals surface area contributed by atoms with Crippen LogP contribution >= 0.6 is 0 Å². The fourth-order valence-corrected chi connectivity index (χ4v) is 4.09. The monoisotopic (exact) mass is 356 g/mol. The Bertz CT molecular complexity index is 710. The van der Waals surface area contributed by atoms with E-state index in [2.05, 4.69) is 34.5 Å². The Morgan fingerprint density at radius 3 is 2.58 bits per heavy atom. The summed E-state index contributed by atoms with van der Waals surface area (Å²) < 4.78 is 0. The number of rotatable bonds is 4. The SMILES string of the molecule is O=C1NCC(=O)N2CCN(C(=O)CCCN3Cc4ccccc4C3)CC12. The van der Waals surface area contributed by atoms with Crippen LogP contribution in [0, 0.1) is 0 Å². The summed E-state index contributed by atoms with van der Waals surface area (Å²) in [7, 11) is 0. The molecule has 0 radical (unpaired) electrons. The van der Waals surface area contributed by atoms with Gasteiger partial charge in [-0.2, -0.15) is 0 Å². The first kappa shape index (κ1) is 17.0. The molecule has 0 aliphatic carbocycles. The van der Waals surface area contributed by atoms with Gasteiger partial charge in [-0.15, -0.1) is 0 Å². The molecule has 0 spiro atoms. The fraction of sp³-hybridized carbons (Fsp3) is 0.526. The Kier molecular flexibility index (Phi) is 4.63. The van der Waals surface area contributed by atoms with Crippen molar-refractivity contribution in [1.82, 2.24) is 20.0 Å². The van der Waals surface area contributed by atoms with Crippen LogP contribution in [-0.2, 0) is 27.5 Å². The summed E-state index contributed by atoms with van der Waals surface area (Å²) in [5.74, 6) is -0.139. The van der Waals surface area contributed by atoms with Crippen molar-refractivity contribution in [2.75, 3.05) is 32.7 Å². The molecule has 3 heterocycles. The van der Waals surface area contributed by atoms with Crippen LogP contribution < -0.4 is 5.32 Å². The van der Waals surface area contributed by atoms with Gasteiger partial charge in [-0.25, -0.2) is 0 Å². The van der Waals surface area contributed by atoms with Crippen LogP contribution in [0.4, 0.5) is 0 Å². The highest BCUT2D eigenvalue weighted by molar-refractivity contribution is 5.95. The van der Waals surface area contributed by atoms with E-state index in [0.717, 1.165) is 26.1 Å². The predicted octanol–water partition coefficient (Wildman–Crippen LogP) is -0.0484. The third-order valence-electron chi connectivity index (χ3n) is 5.54. The summed E-state index contributed by atoms with van der Waals surface area (Å²) in [6.45, 7) is 4.14. The molecule has 1 unspecified atom stereocenters. The Morgan fingerprint density at radius 1 is 1.12 bits per heavy atom. The largest absolute Gasteiger partial charge is 0.345 e. The first-order chi connectivity index (χ1) is 12.6. The number of hydrogen-bond donors (Lipinski definition) is 1. The second-order valence-corrected chi connectivity index (χ2v) is 7.24. The lowest BCUT2D eigenvalue weighted by Crippen LogP contribution is -2.66. The van der Waals surface area contributed by atoms with Gasteiger partial charge in [0.2, 0.25) is 17.7 Å². The number of benzene rings is 1. The quantitative estimate of drug-likeness (QED) is 0.821. The highest BCUT2D eigenvalue weighted by Gasteiger charge is 2.39. The maximum Gasteiger partial charge on any atom is 0.245 e. The number of piperazine rings is 2. The molecule has 4 rings (SSSR count). The fourth-order valence-electron chi connectivity index (χ4n) is 4.09. The molecule has 7 heteroatoms. The molecule has 26 heavy (non-hydrogen) atoms. The average Bonchev–Trinajstić information content (AvgIpc) is 3.07. The van der Waals surface area contributed by atoms with Crippen molar-refractivity contribution in [3.63, 3.8) is 0 Å². The van der Waals surface area contributed by atoms with Crippen LogP contribution in [0.3, 0.4) is 0 Å². The Balaban J connectivity index is 1.24. The van der Waals surface area contributed by atoms with Crippen molar-refractivity contribution >= 4 is 17.7 Å². The van der Waals surface area contributed by atoms with Gasteiger partial charge >= 0.3 is 0 Å². The third kappa shape index (κ3) is 3.31. The summed E-state index contributed by atoms with van der Waals surface area (Å²) in [6.07, 6.45) is 1.29. The van der Waals surface area contributed by atoms with E-state index < -0.39 is 6.04 Å². The zero-order valence-electron chi connectivity index (χ0n) is 14.8. The summed E-state index contributed by atoms with van der Waals surface area (Å²) >= 11 is 0. The first-order valence-corrected chi connectivity index (χ1v) is 9.26. The number of hydrogen-bond acceptors (Lipinski definition) is 4. The normalized spacial score (nSPS) is 22.8. The van der Waals surface area contributed by atoms with E-state index in [0.29, 0.717) is 26.1 Å². The number of nitrogens with zero attached hydrogens (tertiary/aromatic N) is 3. The number of carbonyl (C=O) groups is 3. The van der Waals surface area contributed by atoms with E-state index >= 15 is 0 Å². The van der Waals surface area contributed by atoms with Crippen molar-refractivity contribution < 1.29 is 14.4 Å². The van der Waals surface area contributed by atoms with Gasteiger partial charge in [0.05, 0.1) is 13.1 Å². The lowest BCUT2D eigenvalue weighted by Gasteiger charge is -2.43. The molecule has 1 N–H and O–H groups in total. The van der Waals surface area contributed by atoms with E-state index in [1.165, 1.54) is 11.1 Å². The third-order valence-corrected chi connectivity index (χ3v) is 5.54. The summed E-state index contributed by atoms with van der Waals surface area (Å²) in [5, 5.41) is 2.60. The topological polar surface area (TPSA) is 73.0 Å². The van der Waals surface area contributed by atoms with Crippen LogP contribution in [0.5, 0.6) is 0 Å². The summed E-state index contributed by atoms with van der Waals surface area (Å²) in [5.41, 5.74) is 2.76. The summed E-state index contributed by atoms with van der Waals surface area (Å²) in [6, 6.07) is 7.93. The maximum absolute atomic E-state index is 12.5. The highest BCUT2D eigenvalue weighted by Crippen LogP contribution is 2.22. The Hall–Kier alpha value is -2.41. The van der Waals surface area contributed by atoms with Crippen LogP contribution in [0.25, 0.3) is 0 Å². The van der Waals surface area contributed by atoms with E-state index in [-0.39, 0.29) is 24.3 Å². The molecule has 2 saturated heterocycles. The van der Waals surface area contributed by atoms with Crippen LogP contribution in [0.15, 0.2) is 24.3 Å². The zero-order chi connectivity index (χ0) is 18.1. The number of carbonyl (C=O) groups excluding carboxylic acids is 3. The number of amides is 3. The Morgan fingerprint density at radius 2 is 1.85 bits per heavy atom. The van der Waals surface area contributed by atoms with Gasteiger partial charge in [0.15, 0.2) is 0 Å². The van der Waals surface area contributed by atoms with Gasteiger partial charge in [0.1, 0.15) is 6.04 Å². The van der Waals surface area contributed by atoms with Crippen LogP contribution in [0.2, 0.25) is 0 Å². The standard InChI is InChI=1S/C19H24N4O3/c24-17(6-3-7-21-11-14-4-1-2-5-15(14)12-21)22-8-9-23-16(13-22)19(26)20-10-18(23)25/h1-2,4-5,16H,3,6-13H2,(H,20,26). The first-order valence-electron chi connectivity index (χ1n) is 9.26. The van der Waals surface area contributed by atoms with Crippen molar-refractivity contribution in [2.24, 2.45) is 0 Å². The molecule has 1 aromatic carbocycles. The van der Waals surface area contributed by atoms with Gasteiger partial charge in [-0.1, -0.05) is 24.3 Å². The molecule has 1 aromatic rings. The molecule has 7 nitrogen and oxygen atoms in total. The predicted molar refractivity (Wildman–Crippen MR) is 94.9 cm³/mol. The van der Waals surface area contributed by atoms with Crippen molar-refractivity contribution in [3.05, 3.63) is 35.4 Å². The molecule has 3 aliphatic rings. The maximum atomic E-state index is 12.5. The van der Waals surface area contributed by atoms with Gasteiger partial charge < -0.3 is 15.1 Å². The van der Waals surface area contributed by atoms with E-state index in [9.17, 15) is 14.4 Å². The minimum absolute atomic E-state index is 0.0599. The second-order valence-electron chi connectivity index (χ2n) is 7.24. The van der Waals surface area contributed by atoms with Crippen LogP contribution in [0.1, 0.15) is 24.0 Å². The van der Waals surface area contributed by atoms with Crippen LogP contribution in [-0.4, -0.2) is 71.2 Å². The average molecular weight is 356 g/mol. The minimum atomic E-state index is -0.526. The van der Waals surface area contributed by atoms with Crippen molar-refractivity contribution in [2.45, 2.75) is 32.0 Å². The van der Waals surface area contributed by atoms with E-state index in [1.807, 2.05) is 0 Å². The van der Waals surface area contributed by atoms with Crippen molar-refractivity contribution in [1.29, 1.82) is 0 Å². The Labute approximate surface area is 152 Å². The highest BCUT2D eigenvalue weighted by atomic mass is 16.2. The molecule has 0 bridgehead atoms. The smallest absolute Gasteiger partial charge is 0.245 e. The molecular weight excluding hydrogens is 332 g/mol. The van der Waals surface area contributed by atoms with Crippen molar-refractivity contribution in [3.8, 4) is 0 Å². The molecule has 1 atom stereocenters. The molecule has 0 saturated carbocycles. The number of nitrogens with one attached hydrogen (secondary N) is 1. The number of fused-ring (bicyclic) bond motifs is 2. The molecule has 0 aromatic heterocycles. The lowest BCUT2D eigenvalue weighted by molar-refractivity contribution is -0.152. The molecule has 138 valence electrons. The lowest BCUT2D eigenvalue weighted by atomic mass is 10.1. The molecular formula is C19H24N4O3. The molecule has 3 amide bonds. The minimum Gasteiger partial charge on any atom is -0.345 e. The van der Waals surface area contributed by atoms with Gasteiger partial charge in [-0.05, 0) is 24.1 Å². The van der Waals surface area contributed by atoms with E-state index in [1.54, 1.807) is 9.80 Å². The second kappa shape index (κ2) is 7.07. The molecule has 3 aliphatic heterocycles. The zero-order valence-corrected chi connectivity index (χ0v) is 14.8. The van der Waals surface area contributed by atoms with E-state index in [4.69, 9.17) is 0 Å². The van der Waals surface area contributed by atoms with Gasteiger partial charge in [0.25, 0.3) is 0 Å². The van der Waals surface area contributed by atoms with Gasteiger partial charge in [0, 0.05) is 32.6 Å². The van der Waals surface area contributed by atoms with Gasteiger partial charge in [-0.3, -0.25) is 19.3 Å². The molecule has 2 fully saturated rings.